The minimum Gasteiger partial charge on any atom is -0.437 e. The lowest BCUT2D eigenvalue weighted by atomic mass is 9.84. The van der Waals surface area contributed by atoms with E-state index < -0.39 is 12.2 Å². The van der Waals surface area contributed by atoms with Crippen LogP contribution in [0, 0.1) is 5.41 Å². The second-order valence-electron chi connectivity index (χ2n) is 7.02. The fourth-order valence-corrected chi connectivity index (χ4v) is 2.95. The molecular weight excluding hydrogens is 318 g/mol. The van der Waals surface area contributed by atoms with Crippen molar-refractivity contribution in [2.24, 2.45) is 5.41 Å². The molecule has 0 aliphatic heterocycles. The van der Waals surface area contributed by atoms with Crippen LogP contribution in [0.15, 0.2) is 40.9 Å². The summed E-state index contributed by atoms with van der Waals surface area (Å²) >= 11 is 0. The van der Waals surface area contributed by atoms with Gasteiger partial charge in [0, 0.05) is 30.1 Å². The maximum absolute atomic E-state index is 12.0. The van der Waals surface area contributed by atoms with E-state index in [9.17, 15) is 4.79 Å². The number of aromatic nitrogens is 1. The lowest BCUT2D eigenvalue weighted by Crippen LogP contribution is -2.38. The van der Waals surface area contributed by atoms with Crippen molar-refractivity contribution in [3.05, 3.63) is 42.2 Å². The van der Waals surface area contributed by atoms with E-state index in [1.165, 1.54) is 0 Å². The fraction of sp³-hybridized carbons (Fsp3) is 0.474. The fourth-order valence-electron chi connectivity index (χ4n) is 2.95. The lowest BCUT2D eigenvalue weighted by molar-refractivity contribution is -0.00694. The van der Waals surface area contributed by atoms with Crippen LogP contribution >= 0.6 is 0 Å². The van der Waals surface area contributed by atoms with Crippen LogP contribution in [0.1, 0.15) is 32.6 Å². The maximum Gasteiger partial charge on any atom is 0.407 e. The normalized spacial score (nSPS) is 12.9. The van der Waals surface area contributed by atoms with Crippen LogP contribution in [0.5, 0.6) is 0 Å². The predicted octanol–water partition coefficient (Wildman–Crippen LogP) is 3.72. The van der Waals surface area contributed by atoms with Crippen LogP contribution < -0.4 is 5.32 Å². The molecule has 0 radical (unpaired) electrons. The molecule has 0 fully saturated rings. The number of hydrogen-bond acceptors (Lipinski definition) is 5. The van der Waals surface area contributed by atoms with E-state index in [1.807, 2.05) is 71.3 Å². The molecule has 1 atom stereocenters. The van der Waals surface area contributed by atoms with E-state index in [-0.39, 0.29) is 5.41 Å². The van der Waals surface area contributed by atoms with Gasteiger partial charge in [0.15, 0.2) is 11.9 Å². The first-order valence-corrected chi connectivity index (χ1v) is 8.44. The molecule has 136 valence electrons. The van der Waals surface area contributed by atoms with Gasteiger partial charge in [0.1, 0.15) is 5.69 Å². The molecular formula is C19H27N3O3. The summed E-state index contributed by atoms with van der Waals surface area (Å²) < 4.78 is 11.2. The Hall–Kier alpha value is -2.34. The van der Waals surface area contributed by atoms with E-state index in [4.69, 9.17) is 9.26 Å². The SMILES string of the molecule is CCNC(=O)OC(c1cc(-c2ccccc2)no1)C(C)(C)CN(C)C. The van der Waals surface area contributed by atoms with E-state index >= 15 is 0 Å². The van der Waals surface area contributed by atoms with Crippen LogP contribution in [-0.2, 0) is 4.74 Å². The number of nitrogens with one attached hydrogen (secondary N) is 1. The Balaban J connectivity index is 2.31. The van der Waals surface area contributed by atoms with Gasteiger partial charge in [-0.05, 0) is 21.0 Å². The van der Waals surface area contributed by atoms with Gasteiger partial charge < -0.3 is 19.5 Å². The molecule has 2 rings (SSSR count). The third kappa shape index (κ3) is 5.06. The monoisotopic (exact) mass is 345 g/mol. The Bertz CT molecular complexity index is 680. The number of amides is 1. The van der Waals surface area contributed by atoms with Crippen LogP contribution in [-0.4, -0.2) is 43.3 Å². The number of hydrogen-bond donors (Lipinski definition) is 1. The standard InChI is InChI=1S/C19H27N3O3/c1-6-20-18(23)24-17(19(2,3)13-22(4)5)16-12-15(21-25-16)14-10-8-7-9-11-14/h7-12,17H,6,13H2,1-5H3,(H,20,23). The molecule has 1 amide bonds. The Morgan fingerprint density at radius 1 is 1.32 bits per heavy atom. The lowest BCUT2D eigenvalue weighted by Gasteiger charge is -2.34. The van der Waals surface area contributed by atoms with Crippen molar-refractivity contribution >= 4 is 6.09 Å². The summed E-state index contributed by atoms with van der Waals surface area (Å²) in [6, 6.07) is 11.6. The van der Waals surface area contributed by atoms with E-state index in [1.54, 1.807) is 0 Å². The van der Waals surface area contributed by atoms with Crippen molar-refractivity contribution in [3.63, 3.8) is 0 Å². The number of rotatable bonds is 7. The van der Waals surface area contributed by atoms with Gasteiger partial charge in [-0.3, -0.25) is 0 Å². The summed E-state index contributed by atoms with van der Waals surface area (Å²) in [5, 5.41) is 6.83. The van der Waals surface area contributed by atoms with Crippen LogP contribution in [0.3, 0.4) is 0 Å². The van der Waals surface area contributed by atoms with Gasteiger partial charge in [-0.2, -0.15) is 0 Å². The first kappa shape index (κ1) is 19.0. The Morgan fingerprint density at radius 3 is 2.60 bits per heavy atom. The second-order valence-corrected chi connectivity index (χ2v) is 7.02. The second kappa shape index (κ2) is 8.16. The average Bonchev–Trinajstić information content (AvgIpc) is 3.02. The van der Waals surface area contributed by atoms with Crippen molar-refractivity contribution in [2.45, 2.75) is 26.9 Å². The van der Waals surface area contributed by atoms with Gasteiger partial charge in [-0.15, -0.1) is 0 Å². The van der Waals surface area contributed by atoms with Crippen molar-refractivity contribution in [2.75, 3.05) is 27.2 Å². The molecule has 0 saturated heterocycles. The molecule has 0 spiro atoms. The minimum absolute atomic E-state index is 0.359. The van der Waals surface area contributed by atoms with Gasteiger partial charge in [0.05, 0.1) is 0 Å². The summed E-state index contributed by atoms with van der Waals surface area (Å²) in [6.07, 6.45) is -1.01. The Morgan fingerprint density at radius 2 is 2.00 bits per heavy atom. The number of nitrogens with zero attached hydrogens (tertiary/aromatic N) is 2. The third-order valence-corrected chi connectivity index (χ3v) is 3.84. The summed E-state index contributed by atoms with van der Waals surface area (Å²) in [4.78, 5) is 14.1. The highest BCUT2D eigenvalue weighted by atomic mass is 16.6. The number of carbonyl (C=O) groups is 1. The summed E-state index contributed by atoms with van der Waals surface area (Å²) in [5.41, 5.74) is 1.32. The molecule has 1 heterocycles. The van der Waals surface area contributed by atoms with Crippen LogP contribution in [0.2, 0.25) is 0 Å². The highest BCUT2D eigenvalue weighted by Gasteiger charge is 2.37. The molecule has 0 aliphatic carbocycles. The zero-order chi connectivity index (χ0) is 18.4. The van der Waals surface area contributed by atoms with Crippen LogP contribution in [0.25, 0.3) is 11.3 Å². The van der Waals surface area contributed by atoms with Gasteiger partial charge in [-0.25, -0.2) is 4.79 Å². The molecule has 2 aromatic rings. The number of carbonyl (C=O) groups excluding carboxylic acids is 1. The summed E-state index contributed by atoms with van der Waals surface area (Å²) in [5.74, 6) is 0.539. The number of ether oxygens (including phenoxy) is 1. The van der Waals surface area contributed by atoms with Crippen LogP contribution in [0.4, 0.5) is 4.79 Å². The van der Waals surface area contributed by atoms with E-state index in [0.29, 0.717) is 12.3 Å². The van der Waals surface area contributed by atoms with Gasteiger partial charge in [-0.1, -0.05) is 49.3 Å². The minimum atomic E-state index is -0.550. The van der Waals surface area contributed by atoms with E-state index in [0.717, 1.165) is 17.8 Å². The highest BCUT2D eigenvalue weighted by Crippen LogP contribution is 2.38. The van der Waals surface area contributed by atoms with Crippen molar-refractivity contribution in [3.8, 4) is 11.3 Å². The largest absolute Gasteiger partial charge is 0.437 e. The molecule has 0 bridgehead atoms. The molecule has 1 N–H and O–H groups in total. The average molecular weight is 345 g/mol. The van der Waals surface area contributed by atoms with E-state index in [2.05, 4.69) is 15.4 Å². The first-order chi connectivity index (χ1) is 11.8. The maximum atomic E-state index is 12.0. The first-order valence-electron chi connectivity index (χ1n) is 8.44. The highest BCUT2D eigenvalue weighted by molar-refractivity contribution is 5.67. The van der Waals surface area contributed by atoms with Gasteiger partial charge in [0.25, 0.3) is 0 Å². The Labute approximate surface area is 149 Å². The molecule has 1 aromatic heterocycles. The topological polar surface area (TPSA) is 67.6 Å². The number of alkyl carbamates (subject to hydrolysis) is 1. The zero-order valence-electron chi connectivity index (χ0n) is 15.6. The quantitative estimate of drug-likeness (QED) is 0.828. The molecule has 25 heavy (non-hydrogen) atoms. The van der Waals surface area contributed by atoms with Crippen molar-refractivity contribution in [1.82, 2.24) is 15.4 Å². The molecule has 0 aliphatic rings. The van der Waals surface area contributed by atoms with Gasteiger partial charge in [0.2, 0.25) is 0 Å². The molecule has 1 unspecified atom stereocenters. The third-order valence-electron chi connectivity index (χ3n) is 3.84. The summed E-state index contributed by atoms with van der Waals surface area (Å²) in [6.45, 7) is 7.16. The predicted molar refractivity (Wildman–Crippen MR) is 97.2 cm³/mol. The van der Waals surface area contributed by atoms with Gasteiger partial charge >= 0.3 is 6.09 Å². The summed E-state index contributed by atoms with van der Waals surface area (Å²) in [7, 11) is 3.97. The molecule has 1 aromatic carbocycles. The smallest absolute Gasteiger partial charge is 0.407 e. The number of benzene rings is 1. The zero-order valence-corrected chi connectivity index (χ0v) is 15.6. The van der Waals surface area contributed by atoms with Crippen molar-refractivity contribution < 1.29 is 14.1 Å². The Kier molecular flexibility index (Phi) is 6.20. The molecule has 6 heteroatoms. The molecule has 0 saturated carbocycles. The molecule has 6 nitrogen and oxygen atoms in total. The van der Waals surface area contributed by atoms with Crippen molar-refractivity contribution in [1.29, 1.82) is 0 Å².